The molecule has 3 unspecified atom stereocenters. The average molecular weight is 888 g/mol. The number of allylic oxidation sites excluding steroid dienone is 2. The van der Waals surface area contributed by atoms with Gasteiger partial charge in [0.05, 0.1) is 33.1 Å². The Labute approximate surface area is 397 Å². The fourth-order valence-electron chi connectivity index (χ4n) is 12.2. The first-order valence-electron chi connectivity index (χ1n) is 24.4. The van der Waals surface area contributed by atoms with Crippen LogP contribution in [0.15, 0.2) is 188 Å². The van der Waals surface area contributed by atoms with Crippen molar-refractivity contribution in [1.29, 1.82) is 0 Å². The molecule has 4 heteroatoms. The Morgan fingerprint density at radius 3 is 1.66 bits per heavy atom. The maximum absolute atomic E-state index is 2.71. The van der Waals surface area contributed by atoms with Crippen molar-refractivity contribution in [3.63, 3.8) is 0 Å². The smallest absolute Gasteiger partial charge is 0.0889 e. The summed E-state index contributed by atoms with van der Waals surface area (Å²) in [4.78, 5) is 0. The molecule has 0 aliphatic rings. The van der Waals surface area contributed by atoms with Gasteiger partial charge in [-0.05, 0) is 117 Å². The van der Waals surface area contributed by atoms with E-state index in [1.807, 2.05) is 11.3 Å². The number of rotatable bonds is 11. The third-order valence-corrected chi connectivity index (χ3v) is 16.3. The van der Waals surface area contributed by atoms with Gasteiger partial charge in [-0.25, -0.2) is 0 Å². The van der Waals surface area contributed by atoms with E-state index in [9.17, 15) is 0 Å². The van der Waals surface area contributed by atoms with Crippen LogP contribution in [0.2, 0.25) is 0 Å². The molecule has 0 spiro atoms. The van der Waals surface area contributed by atoms with Crippen molar-refractivity contribution >= 4 is 96.9 Å². The quantitative estimate of drug-likeness (QED) is 0.115. The third-order valence-electron chi connectivity index (χ3n) is 15.2. The molecule has 0 saturated carbocycles. The van der Waals surface area contributed by atoms with E-state index in [0.717, 1.165) is 25.7 Å². The van der Waals surface area contributed by atoms with E-state index >= 15 is 0 Å². The molecule has 4 heterocycles. The lowest BCUT2D eigenvalue weighted by molar-refractivity contribution is 0.313. The number of benzene rings is 8. The van der Waals surface area contributed by atoms with Crippen LogP contribution in [0.4, 0.5) is 0 Å². The van der Waals surface area contributed by atoms with E-state index in [1.54, 1.807) is 0 Å². The lowest BCUT2D eigenvalue weighted by Gasteiger charge is -2.37. The lowest BCUT2D eigenvalue weighted by atomic mass is 9.81. The van der Waals surface area contributed by atoms with Crippen molar-refractivity contribution in [2.24, 2.45) is 5.92 Å². The molecular formula is C63H57N3S. The van der Waals surface area contributed by atoms with Crippen LogP contribution in [-0.4, -0.2) is 13.7 Å². The molecule has 0 bridgehead atoms. The van der Waals surface area contributed by atoms with E-state index in [2.05, 4.69) is 237 Å². The van der Waals surface area contributed by atoms with Gasteiger partial charge in [-0.15, -0.1) is 11.3 Å². The molecule has 0 radical (unpaired) electrons. The molecular weight excluding hydrogens is 831 g/mol. The van der Waals surface area contributed by atoms with E-state index in [0.29, 0.717) is 5.92 Å². The first-order chi connectivity index (χ1) is 32.7. The average Bonchev–Trinajstić information content (AvgIpc) is 4.09. The minimum Gasteiger partial charge on any atom is -0.330 e. The Bertz CT molecular complexity index is 3870. The molecule has 8 aromatic carbocycles. The fraction of sp³-hybridized carbons (Fsp3) is 0.206. The van der Waals surface area contributed by atoms with Gasteiger partial charge in [0.15, 0.2) is 0 Å². The van der Waals surface area contributed by atoms with Crippen molar-refractivity contribution < 1.29 is 0 Å². The number of aromatic nitrogens is 3. The van der Waals surface area contributed by atoms with Gasteiger partial charge in [0, 0.05) is 69.2 Å². The maximum atomic E-state index is 2.71. The minimum absolute atomic E-state index is 0.309. The van der Waals surface area contributed by atoms with Crippen LogP contribution < -0.4 is 0 Å². The van der Waals surface area contributed by atoms with Crippen LogP contribution in [0.5, 0.6) is 0 Å². The summed E-state index contributed by atoms with van der Waals surface area (Å²) in [6.45, 7) is 14.2. The fourth-order valence-corrected chi connectivity index (χ4v) is 13.3. The molecule has 3 nitrogen and oxygen atoms in total. The number of nitrogens with zero attached hydrogens (tertiary/aromatic N) is 3. The zero-order valence-corrected chi connectivity index (χ0v) is 40.3. The topological polar surface area (TPSA) is 14.8 Å². The Hall–Kier alpha value is -6.88. The van der Waals surface area contributed by atoms with Crippen LogP contribution in [0.25, 0.3) is 91.3 Å². The van der Waals surface area contributed by atoms with Crippen molar-refractivity contribution in [2.75, 3.05) is 0 Å². The second-order valence-corrected chi connectivity index (χ2v) is 20.8. The van der Waals surface area contributed by atoms with E-state index in [-0.39, 0.29) is 5.54 Å². The summed E-state index contributed by atoms with van der Waals surface area (Å²) in [5.74, 6) is 0.524. The first kappa shape index (κ1) is 41.5. The molecule has 0 amide bonds. The molecule has 0 saturated heterocycles. The zero-order valence-electron chi connectivity index (χ0n) is 39.5. The van der Waals surface area contributed by atoms with Crippen LogP contribution in [0.1, 0.15) is 78.4 Å². The summed E-state index contributed by atoms with van der Waals surface area (Å²) in [5, 5.41) is 10.4. The van der Waals surface area contributed by atoms with Crippen LogP contribution in [0, 0.1) is 5.92 Å². The summed E-state index contributed by atoms with van der Waals surface area (Å²) in [5.41, 5.74) is 12.0. The van der Waals surface area contributed by atoms with Crippen LogP contribution >= 0.6 is 11.3 Å². The molecule has 67 heavy (non-hydrogen) atoms. The van der Waals surface area contributed by atoms with E-state index < -0.39 is 5.54 Å². The SMILES string of the molecule is CCCC(C=C(C)C)(c1ccc2c(c1)c1ccccc1n2-c1ccc2c(c1)sc1ccccc12)n1c2ccccc2c2cc(C(C)(CC(C)CC)n3c4ccccc4c4ccccc43)ccc21. The van der Waals surface area contributed by atoms with E-state index in [1.165, 1.54) is 108 Å². The van der Waals surface area contributed by atoms with Crippen LogP contribution in [0.3, 0.4) is 0 Å². The summed E-state index contributed by atoms with van der Waals surface area (Å²) in [7, 11) is 0. The highest BCUT2D eigenvalue weighted by molar-refractivity contribution is 7.25. The Morgan fingerprint density at radius 2 is 1.00 bits per heavy atom. The Morgan fingerprint density at radius 1 is 0.507 bits per heavy atom. The van der Waals surface area contributed by atoms with Gasteiger partial charge in [-0.1, -0.05) is 154 Å². The van der Waals surface area contributed by atoms with Crippen molar-refractivity contribution in [3.8, 4) is 5.69 Å². The van der Waals surface area contributed by atoms with Gasteiger partial charge in [-0.3, -0.25) is 0 Å². The molecule has 0 aliphatic heterocycles. The molecule has 12 rings (SSSR count). The number of hydrogen-bond donors (Lipinski definition) is 0. The molecule has 330 valence electrons. The van der Waals surface area contributed by atoms with Crippen molar-refractivity contribution in [1.82, 2.24) is 13.7 Å². The number of fused-ring (bicyclic) bond motifs is 12. The Kier molecular flexibility index (Phi) is 9.85. The highest BCUT2D eigenvalue weighted by Crippen LogP contribution is 2.48. The summed E-state index contributed by atoms with van der Waals surface area (Å²) >= 11 is 1.88. The molecule has 3 atom stereocenters. The maximum Gasteiger partial charge on any atom is 0.0889 e. The molecule has 0 N–H and O–H groups in total. The Balaban J connectivity index is 1.09. The standard InChI is InChI=1S/C63H57N3S/c1-7-35-63(39-41(3)4,44-30-33-55-52(37-44)48-21-9-14-24-54(48)64(55)45-31-32-51-50-23-13-18-28-60(50)67-61(51)38-45)66-58-27-17-12-22-49(58)53-36-43(29-34-59(53)66)62(6,40-42(5)8-2)65-56-25-15-10-19-46(56)47-20-11-16-26-57(47)65/h9-34,36-39,42H,7-8,35,40H2,1-6H3. The predicted octanol–water partition coefficient (Wildman–Crippen LogP) is 18.1. The highest BCUT2D eigenvalue weighted by atomic mass is 32.1. The highest BCUT2D eigenvalue weighted by Gasteiger charge is 2.37. The largest absolute Gasteiger partial charge is 0.330 e. The lowest BCUT2D eigenvalue weighted by Crippen LogP contribution is -2.34. The number of hydrogen-bond acceptors (Lipinski definition) is 1. The summed E-state index contributed by atoms with van der Waals surface area (Å²) in [6, 6.07) is 66.8. The normalized spacial score (nSPS) is 14.5. The third kappa shape index (κ3) is 6.29. The van der Waals surface area contributed by atoms with Gasteiger partial charge < -0.3 is 13.7 Å². The summed E-state index contributed by atoms with van der Waals surface area (Å²) < 4.78 is 10.5. The summed E-state index contributed by atoms with van der Waals surface area (Å²) in [6.07, 6.45) is 6.69. The minimum atomic E-state index is -0.462. The number of para-hydroxylation sites is 4. The molecule has 0 aliphatic carbocycles. The second kappa shape index (κ2) is 15.9. The zero-order chi connectivity index (χ0) is 45.6. The van der Waals surface area contributed by atoms with E-state index in [4.69, 9.17) is 0 Å². The van der Waals surface area contributed by atoms with Gasteiger partial charge in [0.1, 0.15) is 0 Å². The monoisotopic (exact) mass is 887 g/mol. The number of thiophene rings is 1. The second-order valence-electron chi connectivity index (χ2n) is 19.7. The molecule has 12 aromatic rings. The van der Waals surface area contributed by atoms with Crippen molar-refractivity contribution in [2.45, 2.75) is 78.3 Å². The van der Waals surface area contributed by atoms with Gasteiger partial charge in [0.2, 0.25) is 0 Å². The van der Waals surface area contributed by atoms with Gasteiger partial charge >= 0.3 is 0 Å². The molecule has 0 fully saturated rings. The predicted molar refractivity (Wildman–Crippen MR) is 291 cm³/mol. The van der Waals surface area contributed by atoms with Gasteiger partial charge in [-0.2, -0.15) is 0 Å². The van der Waals surface area contributed by atoms with Crippen LogP contribution in [-0.2, 0) is 11.1 Å². The van der Waals surface area contributed by atoms with Gasteiger partial charge in [0.25, 0.3) is 0 Å². The van der Waals surface area contributed by atoms with Crippen molar-refractivity contribution in [3.05, 3.63) is 199 Å². The first-order valence-corrected chi connectivity index (χ1v) is 25.2. The molecule has 4 aromatic heterocycles.